The van der Waals surface area contributed by atoms with Gasteiger partial charge in [0.25, 0.3) is 5.91 Å². The third-order valence-electron chi connectivity index (χ3n) is 5.00. The monoisotopic (exact) mass is 474 g/mol. The number of benzene rings is 2. The molecule has 1 aliphatic rings. The van der Waals surface area contributed by atoms with E-state index in [1.165, 1.54) is 9.80 Å². The van der Waals surface area contributed by atoms with Crippen molar-refractivity contribution < 1.29 is 27.2 Å². The highest BCUT2D eigenvalue weighted by Gasteiger charge is 2.37. The Labute approximate surface area is 187 Å². The molecular weight excluding hydrogens is 456 g/mol. The largest absolute Gasteiger partial charge is 0.417 e. The number of nitrogens with zero attached hydrogens (tertiary/aromatic N) is 2. The van der Waals surface area contributed by atoms with Gasteiger partial charge in [-0.1, -0.05) is 23.7 Å². The lowest BCUT2D eigenvalue weighted by Crippen LogP contribution is -2.52. The Morgan fingerprint density at radius 2 is 1.68 bits per heavy atom. The molecule has 1 atom stereocenters. The van der Waals surface area contributed by atoms with Crippen LogP contribution in [0, 0.1) is 5.82 Å². The average Bonchev–Trinajstić information content (AvgIpc) is 2.72. The van der Waals surface area contributed by atoms with Gasteiger partial charge in [-0.15, -0.1) is 0 Å². The molecule has 2 aromatic rings. The molecule has 0 spiro atoms. The van der Waals surface area contributed by atoms with Crippen LogP contribution in [0.5, 0.6) is 0 Å². The lowest BCUT2D eigenvalue weighted by atomic mass is 10.0. The summed E-state index contributed by atoms with van der Waals surface area (Å²) in [5, 5.41) is -0.0750. The van der Waals surface area contributed by atoms with Gasteiger partial charge in [-0.2, -0.15) is 25.8 Å². The molecule has 31 heavy (non-hydrogen) atoms. The topological polar surface area (TPSA) is 40.6 Å². The van der Waals surface area contributed by atoms with E-state index >= 15 is 0 Å². The summed E-state index contributed by atoms with van der Waals surface area (Å²) in [5.41, 5.74) is -1.07. The highest BCUT2D eigenvalue weighted by Crippen LogP contribution is 2.33. The van der Waals surface area contributed by atoms with Crippen LogP contribution in [0.3, 0.4) is 0 Å². The van der Waals surface area contributed by atoms with Crippen molar-refractivity contribution >= 4 is 36.0 Å². The van der Waals surface area contributed by atoms with Crippen LogP contribution in [0.25, 0.3) is 0 Å². The van der Waals surface area contributed by atoms with E-state index in [0.717, 1.165) is 5.56 Å². The Morgan fingerprint density at radius 3 is 2.29 bits per heavy atom. The molecule has 1 heterocycles. The molecule has 1 fully saturated rings. The average molecular weight is 475 g/mol. The second-order valence-electron chi connectivity index (χ2n) is 7.15. The quantitative estimate of drug-likeness (QED) is 0.529. The number of alkyl halides is 3. The first-order valence-corrected chi connectivity index (χ1v) is 10.3. The summed E-state index contributed by atoms with van der Waals surface area (Å²) in [6.07, 6.45) is -4.42. The van der Waals surface area contributed by atoms with Crippen molar-refractivity contribution in [3.8, 4) is 0 Å². The summed E-state index contributed by atoms with van der Waals surface area (Å²) >= 11 is 10.3. The van der Waals surface area contributed by atoms with Crippen LogP contribution in [0.4, 0.5) is 17.6 Å². The standard InChI is InChI=1S/C21H19ClF4N2O2S/c22-14-3-1-2-13(10-14)11-18(31)20(30)28-8-6-27(7-9-28)19(29)16-12-15(23)4-5-17(16)21(24,25)26/h1-5,10,12,18,31H,6-9,11H2. The summed E-state index contributed by atoms with van der Waals surface area (Å²) in [4.78, 5) is 28.0. The van der Waals surface area contributed by atoms with Gasteiger partial charge in [-0.3, -0.25) is 9.59 Å². The van der Waals surface area contributed by atoms with E-state index < -0.39 is 34.3 Å². The first kappa shape index (κ1) is 23.4. The van der Waals surface area contributed by atoms with Gasteiger partial charge in [-0.25, -0.2) is 4.39 Å². The Morgan fingerprint density at radius 1 is 1.03 bits per heavy atom. The summed E-state index contributed by atoms with van der Waals surface area (Å²) < 4.78 is 53.1. The predicted octanol–water partition coefficient (Wildman–Crippen LogP) is 4.32. The summed E-state index contributed by atoms with van der Waals surface area (Å²) in [7, 11) is 0. The molecule has 1 aliphatic heterocycles. The van der Waals surface area contributed by atoms with E-state index in [2.05, 4.69) is 12.6 Å². The second-order valence-corrected chi connectivity index (χ2v) is 8.21. The number of hydrogen-bond donors (Lipinski definition) is 1. The van der Waals surface area contributed by atoms with Gasteiger partial charge in [0.2, 0.25) is 5.91 Å². The second kappa shape index (κ2) is 9.48. The number of piperazine rings is 1. The zero-order valence-electron chi connectivity index (χ0n) is 16.2. The number of thiol groups is 1. The van der Waals surface area contributed by atoms with E-state index in [1.807, 2.05) is 6.07 Å². The molecule has 0 N–H and O–H groups in total. The van der Waals surface area contributed by atoms with Gasteiger partial charge in [0.15, 0.2) is 0 Å². The molecule has 166 valence electrons. The molecule has 0 saturated carbocycles. The van der Waals surface area contributed by atoms with E-state index in [9.17, 15) is 27.2 Å². The molecule has 1 unspecified atom stereocenters. The van der Waals surface area contributed by atoms with Gasteiger partial charge < -0.3 is 9.80 Å². The molecule has 1 saturated heterocycles. The van der Waals surface area contributed by atoms with Gasteiger partial charge in [0.1, 0.15) is 5.82 Å². The zero-order valence-corrected chi connectivity index (χ0v) is 17.9. The predicted molar refractivity (Wildman–Crippen MR) is 112 cm³/mol. The Kier molecular flexibility index (Phi) is 7.16. The van der Waals surface area contributed by atoms with Crippen molar-refractivity contribution in [3.05, 3.63) is 70.0 Å². The van der Waals surface area contributed by atoms with Crippen molar-refractivity contribution in [2.75, 3.05) is 26.2 Å². The van der Waals surface area contributed by atoms with Crippen LogP contribution in [-0.2, 0) is 17.4 Å². The fraction of sp³-hybridized carbons (Fsp3) is 0.333. The third kappa shape index (κ3) is 5.71. The minimum atomic E-state index is -4.78. The van der Waals surface area contributed by atoms with Crippen LogP contribution in [-0.4, -0.2) is 53.0 Å². The highest BCUT2D eigenvalue weighted by atomic mass is 35.5. The Hall–Kier alpha value is -2.26. The number of amides is 2. The van der Waals surface area contributed by atoms with Crippen molar-refractivity contribution in [2.45, 2.75) is 17.8 Å². The molecular formula is C21H19ClF4N2O2S. The zero-order chi connectivity index (χ0) is 22.8. The molecule has 2 amide bonds. The molecule has 0 bridgehead atoms. The summed E-state index contributed by atoms with van der Waals surface area (Å²) in [6.45, 7) is 0.369. The number of halogens is 5. The lowest BCUT2D eigenvalue weighted by Gasteiger charge is -2.36. The number of carbonyl (C=O) groups is 2. The minimum Gasteiger partial charge on any atom is -0.338 e. The van der Waals surface area contributed by atoms with E-state index in [1.54, 1.807) is 18.2 Å². The van der Waals surface area contributed by atoms with Gasteiger partial charge in [0, 0.05) is 31.2 Å². The molecule has 3 rings (SSSR count). The molecule has 0 radical (unpaired) electrons. The van der Waals surface area contributed by atoms with Crippen LogP contribution >= 0.6 is 24.2 Å². The molecule has 2 aromatic carbocycles. The number of hydrogen-bond acceptors (Lipinski definition) is 3. The Balaban J connectivity index is 1.63. The highest BCUT2D eigenvalue weighted by molar-refractivity contribution is 7.81. The molecule has 10 heteroatoms. The van der Waals surface area contributed by atoms with Gasteiger partial charge >= 0.3 is 6.18 Å². The molecule has 4 nitrogen and oxygen atoms in total. The maximum absolute atomic E-state index is 13.5. The van der Waals surface area contributed by atoms with Crippen molar-refractivity contribution in [2.24, 2.45) is 0 Å². The maximum atomic E-state index is 13.5. The number of carbonyl (C=O) groups excluding carboxylic acids is 2. The summed E-state index contributed by atoms with van der Waals surface area (Å²) in [6, 6.07) is 8.89. The molecule has 0 aliphatic carbocycles. The normalized spacial score (nSPS) is 15.7. The SMILES string of the molecule is O=C(c1cc(F)ccc1C(F)(F)F)N1CCN(C(=O)C(S)Cc2cccc(Cl)c2)CC1. The maximum Gasteiger partial charge on any atom is 0.417 e. The number of rotatable bonds is 4. The first-order chi connectivity index (χ1) is 14.6. The van der Waals surface area contributed by atoms with Crippen molar-refractivity contribution in [1.82, 2.24) is 9.80 Å². The van der Waals surface area contributed by atoms with Crippen molar-refractivity contribution in [1.29, 1.82) is 0 Å². The third-order valence-corrected chi connectivity index (χ3v) is 5.64. The lowest BCUT2D eigenvalue weighted by molar-refractivity contribution is -0.138. The van der Waals surface area contributed by atoms with E-state index in [0.29, 0.717) is 29.6 Å². The molecule has 0 aromatic heterocycles. The van der Waals surface area contributed by atoms with Gasteiger partial charge in [-0.05, 0) is 42.3 Å². The van der Waals surface area contributed by atoms with Gasteiger partial charge in [0.05, 0.1) is 16.4 Å². The van der Waals surface area contributed by atoms with Crippen molar-refractivity contribution in [3.63, 3.8) is 0 Å². The summed E-state index contributed by atoms with van der Waals surface area (Å²) in [5.74, 6) is -2.08. The van der Waals surface area contributed by atoms with Crippen LogP contribution in [0.1, 0.15) is 21.5 Å². The smallest absolute Gasteiger partial charge is 0.338 e. The van der Waals surface area contributed by atoms with Crippen LogP contribution < -0.4 is 0 Å². The Bertz CT molecular complexity index is 978. The fourth-order valence-corrected chi connectivity index (χ4v) is 4.01. The van der Waals surface area contributed by atoms with E-state index in [-0.39, 0.29) is 32.1 Å². The van der Waals surface area contributed by atoms with Crippen LogP contribution in [0.2, 0.25) is 5.02 Å². The fourth-order valence-electron chi connectivity index (χ4n) is 3.43. The van der Waals surface area contributed by atoms with Crippen LogP contribution in [0.15, 0.2) is 42.5 Å². The van der Waals surface area contributed by atoms with E-state index in [4.69, 9.17) is 11.6 Å². The first-order valence-electron chi connectivity index (χ1n) is 9.43. The minimum absolute atomic E-state index is 0.0377.